The van der Waals surface area contributed by atoms with Crippen LogP contribution >= 0.6 is 0 Å². The molecule has 1 aliphatic carbocycles. The lowest BCUT2D eigenvalue weighted by Gasteiger charge is -2.08. The molecule has 0 saturated carbocycles. The van der Waals surface area contributed by atoms with E-state index in [1.807, 2.05) is 11.6 Å². The second-order valence-electron chi connectivity index (χ2n) is 4.57. The van der Waals surface area contributed by atoms with Crippen LogP contribution in [0.5, 0.6) is 0 Å². The molecule has 3 rings (SSSR count). The van der Waals surface area contributed by atoms with E-state index in [4.69, 9.17) is 5.11 Å². The SMILES string of the molecule is Cn1c(CO)nnc1C1Cc2ccccc2C1. The fourth-order valence-corrected chi connectivity index (χ4v) is 2.61. The third-order valence-corrected chi connectivity index (χ3v) is 3.56. The highest BCUT2D eigenvalue weighted by Gasteiger charge is 2.26. The highest BCUT2D eigenvalue weighted by Crippen LogP contribution is 2.32. The second-order valence-corrected chi connectivity index (χ2v) is 4.57. The van der Waals surface area contributed by atoms with Gasteiger partial charge in [-0.2, -0.15) is 0 Å². The fraction of sp³-hybridized carbons (Fsp3) is 0.385. The maximum atomic E-state index is 9.12. The topological polar surface area (TPSA) is 50.9 Å². The molecule has 0 fully saturated rings. The monoisotopic (exact) mass is 229 g/mol. The van der Waals surface area contributed by atoms with Gasteiger partial charge < -0.3 is 9.67 Å². The fourth-order valence-electron chi connectivity index (χ4n) is 2.61. The van der Waals surface area contributed by atoms with E-state index in [0.717, 1.165) is 18.7 Å². The molecule has 0 radical (unpaired) electrons. The van der Waals surface area contributed by atoms with Crippen LogP contribution in [0.25, 0.3) is 0 Å². The van der Waals surface area contributed by atoms with Crippen molar-refractivity contribution in [1.82, 2.24) is 14.8 Å². The first-order valence-corrected chi connectivity index (χ1v) is 5.85. The number of rotatable bonds is 2. The first-order chi connectivity index (χ1) is 8.29. The molecule has 17 heavy (non-hydrogen) atoms. The summed E-state index contributed by atoms with van der Waals surface area (Å²) >= 11 is 0. The van der Waals surface area contributed by atoms with Gasteiger partial charge in [0.1, 0.15) is 12.4 Å². The lowest BCUT2D eigenvalue weighted by molar-refractivity contribution is 0.266. The van der Waals surface area contributed by atoms with E-state index in [0.29, 0.717) is 11.7 Å². The van der Waals surface area contributed by atoms with Crippen molar-refractivity contribution >= 4 is 0 Å². The number of aliphatic hydroxyl groups excluding tert-OH is 1. The molecule has 0 amide bonds. The van der Waals surface area contributed by atoms with E-state index in [1.54, 1.807) is 0 Å². The molecule has 1 aromatic carbocycles. The van der Waals surface area contributed by atoms with Crippen molar-refractivity contribution in [2.75, 3.05) is 0 Å². The van der Waals surface area contributed by atoms with Crippen molar-refractivity contribution in [3.63, 3.8) is 0 Å². The predicted molar refractivity (Wildman–Crippen MR) is 63.5 cm³/mol. The van der Waals surface area contributed by atoms with E-state index < -0.39 is 0 Å². The average Bonchev–Trinajstić information content (AvgIpc) is 2.91. The molecule has 0 unspecified atom stereocenters. The van der Waals surface area contributed by atoms with Gasteiger partial charge in [0.25, 0.3) is 0 Å². The third kappa shape index (κ3) is 1.65. The van der Waals surface area contributed by atoms with Gasteiger partial charge in [0.15, 0.2) is 5.82 Å². The Morgan fingerprint density at radius 2 is 1.88 bits per heavy atom. The summed E-state index contributed by atoms with van der Waals surface area (Å²) in [7, 11) is 1.92. The molecule has 1 heterocycles. The Morgan fingerprint density at radius 1 is 1.24 bits per heavy atom. The van der Waals surface area contributed by atoms with Gasteiger partial charge in [-0.15, -0.1) is 10.2 Å². The quantitative estimate of drug-likeness (QED) is 0.841. The smallest absolute Gasteiger partial charge is 0.158 e. The van der Waals surface area contributed by atoms with E-state index >= 15 is 0 Å². The molecule has 1 aromatic heterocycles. The van der Waals surface area contributed by atoms with Crippen molar-refractivity contribution in [1.29, 1.82) is 0 Å². The van der Waals surface area contributed by atoms with Gasteiger partial charge in [-0.1, -0.05) is 24.3 Å². The zero-order valence-corrected chi connectivity index (χ0v) is 9.80. The van der Waals surface area contributed by atoms with Crippen molar-refractivity contribution in [3.8, 4) is 0 Å². The van der Waals surface area contributed by atoms with Gasteiger partial charge in [0, 0.05) is 13.0 Å². The first kappa shape index (κ1) is 10.5. The Kier molecular flexibility index (Phi) is 2.44. The van der Waals surface area contributed by atoms with E-state index in [1.165, 1.54) is 11.1 Å². The van der Waals surface area contributed by atoms with Crippen molar-refractivity contribution < 1.29 is 5.11 Å². The van der Waals surface area contributed by atoms with Crippen LogP contribution in [0.2, 0.25) is 0 Å². The Morgan fingerprint density at radius 3 is 2.41 bits per heavy atom. The summed E-state index contributed by atoms with van der Waals surface area (Å²) in [6.07, 6.45) is 2.04. The molecule has 0 aliphatic heterocycles. The van der Waals surface area contributed by atoms with Gasteiger partial charge in [-0.3, -0.25) is 0 Å². The second kappa shape index (κ2) is 3.96. The van der Waals surface area contributed by atoms with Crippen LogP contribution in [0.15, 0.2) is 24.3 Å². The van der Waals surface area contributed by atoms with Gasteiger partial charge in [0.2, 0.25) is 0 Å². The van der Waals surface area contributed by atoms with E-state index in [2.05, 4.69) is 34.5 Å². The minimum atomic E-state index is -0.0524. The van der Waals surface area contributed by atoms with Crippen molar-refractivity contribution in [3.05, 3.63) is 47.0 Å². The summed E-state index contributed by atoms with van der Waals surface area (Å²) in [5.41, 5.74) is 2.82. The number of benzene rings is 1. The molecule has 0 saturated heterocycles. The van der Waals surface area contributed by atoms with Crippen LogP contribution in [0, 0.1) is 0 Å². The van der Waals surface area contributed by atoms with Gasteiger partial charge >= 0.3 is 0 Å². The Balaban J connectivity index is 1.91. The van der Waals surface area contributed by atoms with Crippen LogP contribution in [-0.4, -0.2) is 19.9 Å². The van der Waals surface area contributed by atoms with Crippen LogP contribution in [-0.2, 0) is 26.5 Å². The van der Waals surface area contributed by atoms with E-state index in [9.17, 15) is 0 Å². The summed E-state index contributed by atoms with van der Waals surface area (Å²) in [5.74, 6) is 2.01. The first-order valence-electron chi connectivity index (χ1n) is 5.85. The molecule has 2 aromatic rings. The van der Waals surface area contributed by atoms with Crippen LogP contribution in [0.4, 0.5) is 0 Å². The maximum absolute atomic E-state index is 9.12. The molecule has 1 aliphatic rings. The Labute approximate surface area is 99.9 Å². The van der Waals surface area contributed by atoms with Crippen LogP contribution in [0.1, 0.15) is 28.7 Å². The normalized spacial score (nSPS) is 15.2. The average molecular weight is 229 g/mol. The van der Waals surface area contributed by atoms with Crippen molar-refractivity contribution in [2.45, 2.75) is 25.4 Å². The molecular formula is C13H15N3O. The zero-order chi connectivity index (χ0) is 11.8. The predicted octanol–water partition coefficient (Wildman–Crippen LogP) is 1.19. The maximum Gasteiger partial charge on any atom is 0.158 e. The molecule has 88 valence electrons. The van der Waals surface area contributed by atoms with E-state index in [-0.39, 0.29) is 6.61 Å². The molecule has 4 heteroatoms. The number of hydrogen-bond donors (Lipinski definition) is 1. The minimum absolute atomic E-state index is 0.0524. The largest absolute Gasteiger partial charge is 0.388 e. The Bertz CT molecular complexity index is 522. The summed E-state index contributed by atoms with van der Waals surface area (Å²) in [6.45, 7) is -0.0524. The molecule has 1 N–H and O–H groups in total. The number of aromatic nitrogens is 3. The standard InChI is InChI=1S/C13H15N3O/c1-16-12(8-17)14-15-13(16)11-6-9-4-2-3-5-10(9)7-11/h2-5,11,17H,6-8H2,1H3. The number of aliphatic hydroxyl groups is 1. The Hall–Kier alpha value is -1.68. The van der Waals surface area contributed by atoms with Crippen molar-refractivity contribution in [2.24, 2.45) is 7.05 Å². The molecule has 0 atom stereocenters. The number of hydrogen-bond acceptors (Lipinski definition) is 3. The van der Waals surface area contributed by atoms with Gasteiger partial charge in [0.05, 0.1) is 0 Å². The zero-order valence-electron chi connectivity index (χ0n) is 9.80. The minimum Gasteiger partial charge on any atom is -0.388 e. The lowest BCUT2D eigenvalue weighted by Crippen LogP contribution is -2.08. The number of nitrogens with zero attached hydrogens (tertiary/aromatic N) is 3. The summed E-state index contributed by atoms with van der Waals surface area (Å²) in [6, 6.07) is 8.52. The highest BCUT2D eigenvalue weighted by atomic mass is 16.3. The molecular weight excluding hydrogens is 214 g/mol. The molecule has 4 nitrogen and oxygen atoms in total. The van der Waals surface area contributed by atoms with Crippen LogP contribution in [0.3, 0.4) is 0 Å². The van der Waals surface area contributed by atoms with Gasteiger partial charge in [-0.05, 0) is 24.0 Å². The summed E-state index contributed by atoms with van der Waals surface area (Å²) < 4.78 is 1.91. The highest BCUT2D eigenvalue weighted by molar-refractivity contribution is 5.35. The summed E-state index contributed by atoms with van der Waals surface area (Å²) in [5, 5.41) is 17.3. The van der Waals surface area contributed by atoms with Crippen LogP contribution < -0.4 is 0 Å². The molecule has 0 bridgehead atoms. The lowest BCUT2D eigenvalue weighted by atomic mass is 10.1. The third-order valence-electron chi connectivity index (χ3n) is 3.56. The summed E-state index contributed by atoms with van der Waals surface area (Å²) in [4.78, 5) is 0. The van der Waals surface area contributed by atoms with Gasteiger partial charge in [-0.25, -0.2) is 0 Å². The number of fused-ring (bicyclic) bond motifs is 1. The molecule has 0 spiro atoms.